The van der Waals surface area contributed by atoms with E-state index in [-0.39, 0.29) is 5.91 Å². The number of nitrogens with one attached hydrogen (secondary N) is 1. The number of benzene rings is 3. The van der Waals surface area contributed by atoms with Crippen molar-refractivity contribution in [3.8, 4) is 17.6 Å². The number of methoxy groups -OCH3 is 1. The number of hydrogen-bond donors (Lipinski definition) is 1. The predicted molar refractivity (Wildman–Crippen MR) is 117 cm³/mol. The Balaban J connectivity index is 1.36. The fourth-order valence-corrected chi connectivity index (χ4v) is 4.42. The van der Waals surface area contributed by atoms with Crippen LogP contribution >= 0.6 is 0 Å². The molecule has 3 aromatic rings. The SMILES string of the molecule is COc1ccc2ccc3c(c2c1)OC1(CCN(Cc2ccc(C#N)cc2)CC1)NC3=O. The van der Waals surface area contributed by atoms with Crippen LogP contribution in [-0.2, 0) is 6.54 Å². The Morgan fingerprint density at radius 2 is 1.87 bits per heavy atom. The van der Waals surface area contributed by atoms with Gasteiger partial charge in [0, 0.05) is 37.9 Å². The lowest BCUT2D eigenvalue weighted by Gasteiger charge is -2.44. The molecule has 0 aliphatic carbocycles. The Labute approximate surface area is 181 Å². The van der Waals surface area contributed by atoms with E-state index in [9.17, 15) is 4.79 Å². The predicted octanol–water partition coefficient (Wildman–Crippen LogP) is 3.83. The van der Waals surface area contributed by atoms with Gasteiger partial charge in [0.25, 0.3) is 5.91 Å². The molecule has 1 amide bonds. The fourth-order valence-electron chi connectivity index (χ4n) is 4.42. The number of nitriles is 1. The van der Waals surface area contributed by atoms with Crippen molar-refractivity contribution in [2.24, 2.45) is 0 Å². The van der Waals surface area contributed by atoms with E-state index in [4.69, 9.17) is 14.7 Å². The van der Waals surface area contributed by atoms with Crippen molar-refractivity contribution >= 4 is 16.7 Å². The van der Waals surface area contributed by atoms with Crippen LogP contribution in [0.3, 0.4) is 0 Å². The molecule has 1 spiro atoms. The number of carbonyl (C=O) groups is 1. The van der Waals surface area contributed by atoms with Crippen LogP contribution in [0.4, 0.5) is 0 Å². The molecular weight excluding hydrogens is 390 g/mol. The molecule has 0 saturated carbocycles. The minimum atomic E-state index is -0.692. The second-order valence-electron chi connectivity index (χ2n) is 8.16. The van der Waals surface area contributed by atoms with E-state index in [0.29, 0.717) is 29.7 Å². The third-order valence-corrected chi connectivity index (χ3v) is 6.22. The molecule has 6 nitrogen and oxygen atoms in total. The van der Waals surface area contributed by atoms with Crippen LogP contribution in [0, 0.1) is 11.3 Å². The lowest BCUT2D eigenvalue weighted by atomic mass is 9.95. The maximum absolute atomic E-state index is 12.9. The van der Waals surface area contributed by atoms with Crippen molar-refractivity contribution in [2.45, 2.75) is 25.1 Å². The van der Waals surface area contributed by atoms with Gasteiger partial charge in [-0.05, 0) is 41.3 Å². The van der Waals surface area contributed by atoms with Gasteiger partial charge in [0.2, 0.25) is 0 Å². The van der Waals surface area contributed by atoms with Gasteiger partial charge in [-0.2, -0.15) is 5.26 Å². The Bertz CT molecular complexity index is 1190. The van der Waals surface area contributed by atoms with Crippen LogP contribution in [0.5, 0.6) is 11.5 Å². The average molecular weight is 413 g/mol. The maximum atomic E-state index is 12.9. The summed E-state index contributed by atoms with van der Waals surface area (Å²) in [6.07, 6.45) is 1.41. The number of carbonyl (C=O) groups excluding carboxylic acids is 1. The summed E-state index contributed by atoms with van der Waals surface area (Å²) in [6, 6.07) is 19.4. The number of rotatable bonds is 3. The Morgan fingerprint density at radius 3 is 2.58 bits per heavy atom. The first-order chi connectivity index (χ1) is 15.1. The third-order valence-electron chi connectivity index (χ3n) is 6.22. The molecular formula is C25H23N3O3. The molecule has 5 rings (SSSR count). The van der Waals surface area contributed by atoms with Gasteiger partial charge in [-0.1, -0.05) is 24.3 Å². The zero-order valence-corrected chi connectivity index (χ0v) is 17.4. The van der Waals surface area contributed by atoms with Crippen LogP contribution < -0.4 is 14.8 Å². The number of likely N-dealkylation sites (tertiary alicyclic amines) is 1. The first-order valence-corrected chi connectivity index (χ1v) is 10.4. The molecule has 1 fully saturated rings. The van der Waals surface area contributed by atoms with Gasteiger partial charge in [0.05, 0.1) is 24.3 Å². The fraction of sp³-hybridized carbons (Fsp3) is 0.280. The third kappa shape index (κ3) is 3.58. The summed E-state index contributed by atoms with van der Waals surface area (Å²) in [5, 5.41) is 14.0. The summed E-state index contributed by atoms with van der Waals surface area (Å²) >= 11 is 0. The molecule has 0 bridgehead atoms. The molecule has 6 heteroatoms. The van der Waals surface area contributed by atoms with Gasteiger partial charge < -0.3 is 14.8 Å². The van der Waals surface area contributed by atoms with Gasteiger partial charge in [0.15, 0.2) is 5.72 Å². The molecule has 2 aliphatic heterocycles. The molecule has 2 aliphatic rings. The minimum absolute atomic E-state index is 0.0912. The van der Waals surface area contributed by atoms with Crippen molar-refractivity contribution in [2.75, 3.05) is 20.2 Å². The van der Waals surface area contributed by atoms with E-state index in [1.165, 1.54) is 5.56 Å². The molecule has 0 radical (unpaired) electrons. The number of hydrogen-bond acceptors (Lipinski definition) is 5. The zero-order chi connectivity index (χ0) is 21.4. The van der Waals surface area contributed by atoms with Crippen LogP contribution in [-0.4, -0.2) is 36.7 Å². The Morgan fingerprint density at radius 1 is 1.13 bits per heavy atom. The topological polar surface area (TPSA) is 74.6 Å². The normalized spacial score (nSPS) is 17.5. The van der Waals surface area contributed by atoms with Gasteiger partial charge in [-0.15, -0.1) is 0 Å². The summed E-state index contributed by atoms with van der Waals surface area (Å²) in [5.74, 6) is 1.29. The van der Waals surface area contributed by atoms with Crippen LogP contribution in [0.25, 0.3) is 10.8 Å². The Kier molecular flexibility index (Phi) is 4.76. The monoisotopic (exact) mass is 413 g/mol. The molecule has 3 aromatic carbocycles. The standard InChI is InChI=1S/C25H23N3O3/c1-30-20-8-6-19-7-9-21-23(22(19)14-20)31-25(27-24(21)29)10-12-28(13-11-25)16-18-4-2-17(15-26)3-5-18/h2-9,14H,10-13,16H2,1H3,(H,27,29). The molecule has 31 heavy (non-hydrogen) atoms. The highest BCUT2D eigenvalue weighted by Crippen LogP contribution is 2.40. The number of piperidine rings is 1. The van der Waals surface area contributed by atoms with E-state index in [2.05, 4.69) is 16.3 Å². The highest BCUT2D eigenvalue weighted by atomic mass is 16.5. The van der Waals surface area contributed by atoms with Crippen molar-refractivity contribution < 1.29 is 14.3 Å². The van der Waals surface area contributed by atoms with Gasteiger partial charge in [-0.3, -0.25) is 9.69 Å². The number of amides is 1. The summed E-state index contributed by atoms with van der Waals surface area (Å²) in [6.45, 7) is 2.43. The second-order valence-corrected chi connectivity index (χ2v) is 8.16. The van der Waals surface area contributed by atoms with Crippen molar-refractivity contribution in [3.05, 3.63) is 71.3 Å². The molecule has 1 saturated heterocycles. The van der Waals surface area contributed by atoms with Crippen molar-refractivity contribution in [1.29, 1.82) is 5.26 Å². The lowest BCUT2D eigenvalue weighted by Crippen LogP contribution is -2.60. The molecule has 0 unspecified atom stereocenters. The molecule has 2 heterocycles. The quantitative estimate of drug-likeness (QED) is 0.706. The van der Waals surface area contributed by atoms with Crippen LogP contribution in [0.15, 0.2) is 54.6 Å². The van der Waals surface area contributed by atoms with Crippen LogP contribution in [0.1, 0.15) is 34.3 Å². The van der Waals surface area contributed by atoms with Gasteiger partial charge >= 0.3 is 0 Å². The largest absolute Gasteiger partial charge is 0.497 e. The van der Waals surface area contributed by atoms with E-state index < -0.39 is 5.72 Å². The molecule has 156 valence electrons. The van der Waals surface area contributed by atoms with Crippen LogP contribution in [0.2, 0.25) is 0 Å². The minimum Gasteiger partial charge on any atom is -0.497 e. The summed E-state index contributed by atoms with van der Waals surface area (Å²) in [7, 11) is 1.63. The molecule has 1 N–H and O–H groups in total. The smallest absolute Gasteiger partial charge is 0.258 e. The molecule has 0 aromatic heterocycles. The first-order valence-electron chi connectivity index (χ1n) is 10.4. The van der Waals surface area contributed by atoms with Gasteiger partial charge in [0.1, 0.15) is 11.5 Å². The number of ether oxygens (including phenoxy) is 2. The van der Waals surface area contributed by atoms with Crippen molar-refractivity contribution in [1.82, 2.24) is 10.2 Å². The van der Waals surface area contributed by atoms with E-state index >= 15 is 0 Å². The van der Waals surface area contributed by atoms with E-state index in [1.54, 1.807) is 7.11 Å². The summed E-state index contributed by atoms with van der Waals surface area (Å²) in [5.41, 5.74) is 1.71. The van der Waals surface area contributed by atoms with E-state index in [0.717, 1.165) is 36.2 Å². The maximum Gasteiger partial charge on any atom is 0.258 e. The highest BCUT2D eigenvalue weighted by molar-refractivity contribution is 6.05. The second kappa shape index (κ2) is 7.60. The van der Waals surface area contributed by atoms with Crippen molar-refractivity contribution in [3.63, 3.8) is 0 Å². The average Bonchev–Trinajstić information content (AvgIpc) is 2.81. The number of fused-ring (bicyclic) bond motifs is 3. The Hall–Kier alpha value is -3.56. The van der Waals surface area contributed by atoms with Gasteiger partial charge in [-0.25, -0.2) is 0 Å². The summed E-state index contributed by atoms with van der Waals surface area (Å²) < 4.78 is 11.9. The molecule has 0 atom stereocenters. The highest BCUT2D eigenvalue weighted by Gasteiger charge is 2.43. The summed E-state index contributed by atoms with van der Waals surface area (Å²) in [4.78, 5) is 15.3. The number of nitrogens with zero attached hydrogens (tertiary/aromatic N) is 2. The first kappa shape index (κ1) is 19.4. The van der Waals surface area contributed by atoms with E-state index in [1.807, 2.05) is 54.6 Å². The lowest BCUT2D eigenvalue weighted by molar-refractivity contribution is -0.0293. The zero-order valence-electron chi connectivity index (χ0n) is 17.4.